The van der Waals surface area contributed by atoms with E-state index in [9.17, 15) is 19.2 Å². The summed E-state index contributed by atoms with van der Waals surface area (Å²) in [6, 6.07) is 13.9. The van der Waals surface area contributed by atoms with Crippen LogP contribution in [0.4, 0.5) is 0 Å². The maximum Gasteiger partial charge on any atom is 0.275 e. The van der Waals surface area contributed by atoms with Crippen molar-refractivity contribution in [2.45, 2.75) is 32.2 Å². The van der Waals surface area contributed by atoms with E-state index in [-0.39, 0.29) is 22.8 Å². The van der Waals surface area contributed by atoms with Crippen molar-refractivity contribution >= 4 is 35.1 Å². The minimum Gasteiger partial charge on any atom is -0.292 e. The van der Waals surface area contributed by atoms with Crippen LogP contribution in [-0.2, 0) is 9.59 Å². The molecule has 164 valence electrons. The van der Waals surface area contributed by atoms with Crippen LogP contribution in [0.15, 0.2) is 66.7 Å². The van der Waals surface area contributed by atoms with Crippen LogP contribution >= 0.6 is 11.6 Å². The van der Waals surface area contributed by atoms with E-state index in [1.54, 1.807) is 55.5 Å². The lowest BCUT2D eigenvalue weighted by Crippen LogP contribution is -2.57. The van der Waals surface area contributed by atoms with E-state index in [2.05, 4.69) is 0 Å². The Morgan fingerprint density at radius 1 is 0.969 bits per heavy atom. The van der Waals surface area contributed by atoms with Gasteiger partial charge in [-0.1, -0.05) is 73.1 Å². The average molecular weight is 451 g/mol. The summed E-state index contributed by atoms with van der Waals surface area (Å²) in [7, 11) is 0. The van der Waals surface area contributed by atoms with Crippen LogP contribution in [0.1, 0.15) is 46.9 Å². The third kappa shape index (κ3) is 3.75. The van der Waals surface area contributed by atoms with Crippen LogP contribution in [0.25, 0.3) is 0 Å². The Bertz CT molecular complexity index is 1070. The average Bonchev–Trinajstić information content (AvgIpc) is 3.07. The van der Waals surface area contributed by atoms with Crippen molar-refractivity contribution in [1.82, 2.24) is 10.0 Å². The summed E-state index contributed by atoms with van der Waals surface area (Å²) < 4.78 is 0. The van der Waals surface area contributed by atoms with Gasteiger partial charge in [0.25, 0.3) is 17.7 Å². The molecule has 0 radical (unpaired) electrons. The van der Waals surface area contributed by atoms with Crippen LogP contribution < -0.4 is 0 Å². The first-order chi connectivity index (χ1) is 15.5. The van der Waals surface area contributed by atoms with Gasteiger partial charge in [-0.25, -0.2) is 5.01 Å². The molecule has 0 saturated carbocycles. The Kier molecular flexibility index (Phi) is 6.24. The Morgan fingerprint density at radius 2 is 1.53 bits per heavy atom. The SMILES string of the molecule is CC[C@H](C(=O)c1ccccc1)N(C(=O)c1ccccc1Cl)N1C(=O)[C@@H]2CC=CC[C@H]2C1=O. The number of ketones is 1. The highest BCUT2D eigenvalue weighted by Gasteiger charge is 2.53. The molecule has 1 fully saturated rings. The second kappa shape index (κ2) is 9.09. The topological polar surface area (TPSA) is 74.8 Å². The highest BCUT2D eigenvalue weighted by molar-refractivity contribution is 6.34. The minimum absolute atomic E-state index is 0.127. The van der Waals surface area contributed by atoms with E-state index in [0.717, 1.165) is 10.0 Å². The fourth-order valence-electron chi connectivity index (χ4n) is 4.39. The quantitative estimate of drug-likeness (QED) is 0.373. The molecule has 2 aromatic carbocycles. The lowest BCUT2D eigenvalue weighted by molar-refractivity contribution is -0.156. The van der Waals surface area contributed by atoms with Gasteiger partial charge < -0.3 is 0 Å². The highest BCUT2D eigenvalue weighted by atomic mass is 35.5. The number of Topliss-reactive ketones (excluding diaryl/α,β-unsaturated/α-hetero) is 1. The van der Waals surface area contributed by atoms with Gasteiger partial charge in [-0.2, -0.15) is 5.01 Å². The number of halogens is 1. The molecule has 1 aliphatic heterocycles. The zero-order valence-electron chi connectivity index (χ0n) is 17.6. The van der Waals surface area contributed by atoms with Gasteiger partial charge in [0, 0.05) is 5.56 Å². The Morgan fingerprint density at radius 3 is 2.09 bits per heavy atom. The number of fused-ring (bicyclic) bond motifs is 1. The molecule has 1 saturated heterocycles. The molecule has 1 aliphatic carbocycles. The van der Waals surface area contributed by atoms with E-state index in [1.807, 2.05) is 12.2 Å². The van der Waals surface area contributed by atoms with Gasteiger partial charge in [-0.3, -0.25) is 19.2 Å². The maximum atomic E-state index is 13.7. The van der Waals surface area contributed by atoms with E-state index >= 15 is 0 Å². The van der Waals surface area contributed by atoms with E-state index in [4.69, 9.17) is 11.6 Å². The van der Waals surface area contributed by atoms with Crippen molar-refractivity contribution < 1.29 is 19.2 Å². The molecule has 2 aliphatic rings. The molecule has 0 aromatic heterocycles. The van der Waals surface area contributed by atoms with Crippen molar-refractivity contribution in [3.05, 3.63) is 82.9 Å². The lowest BCUT2D eigenvalue weighted by Gasteiger charge is -2.36. The van der Waals surface area contributed by atoms with Crippen molar-refractivity contribution in [2.75, 3.05) is 0 Å². The number of carbonyl (C=O) groups is 4. The van der Waals surface area contributed by atoms with Gasteiger partial charge in [-0.05, 0) is 31.4 Å². The number of allylic oxidation sites excluding steroid dienone is 2. The van der Waals surface area contributed by atoms with Gasteiger partial charge in [0.2, 0.25) is 0 Å². The van der Waals surface area contributed by atoms with Crippen molar-refractivity contribution in [3.8, 4) is 0 Å². The summed E-state index contributed by atoms with van der Waals surface area (Å²) in [5, 5.41) is 2.13. The normalized spacial score (nSPS) is 20.8. The molecular formula is C25H23ClN2O4. The van der Waals surface area contributed by atoms with Crippen LogP contribution in [-0.4, -0.2) is 39.6 Å². The molecule has 0 unspecified atom stereocenters. The molecule has 0 bridgehead atoms. The Balaban J connectivity index is 1.81. The van der Waals surface area contributed by atoms with Gasteiger partial charge >= 0.3 is 0 Å². The van der Waals surface area contributed by atoms with Gasteiger partial charge in [0.1, 0.15) is 6.04 Å². The number of benzene rings is 2. The number of nitrogens with zero attached hydrogens (tertiary/aromatic N) is 2. The van der Waals surface area contributed by atoms with Gasteiger partial charge in [0.15, 0.2) is 5.78 Å². The standard InChI is InChI=1S/C25H23ClN2O4/c1-2-21(22(29)16-10-4-3-5-11-16)27(25(32)19-14-8-9-15-20(19)26)28-23(30)17-12-6-7-13-18(17)24(28)31/h3-11,14-15,17-18,21H,2,12-13H2,1H3/t17-,18-,21-/m1/s1. The summed E-state index contributed by atoms with van der Waals surface area (Å²) >= 11 is 6.28. The molecule has 0 N–H and O–H groups in total. The highest BCUT2D eigenvalue weighted by Crippen LogP contribution is 2.37. The first-order valence-electron chi connectivity index (χ1n) is 10.7. The summed E-state index contributed by atoms with van der Waals surface area (Å²) in [6.07, 6.45) is 4.84. The monoisotopic (exact) mass is 450 g/mol. The first kappa shape index (κ1) is 22.0. The molecule has 4 rings (SSSR count). The number of hydrazine groups is 1. The fourth-order valence-corrected chi connectivity index (χ4v) is 4.61. The van der Waals surface area contributed by atoms with Gasteiger partial charge in [-0.15, -0.1) is 0 Å². The van der Waals surface area contributed by atoms with Gasteiger partial charge in [0.05, 0.1) is 22.4 Å². The molecule has 1 heterocycles. The molecule has 3 atom stereocenters. The Hall–Kier alpha value is -3.25. The summed E-state index contributed by atoms with van der Waals surface area (Å²) in [5.41, 5.74) is 0.525. The van der Waals surface area contributed by atoms with Crippen LogP contribution in [0, 0.1) is 11.8 Å². The number of hydrogen-bond acceptors (Lipinski definition) is 4. The van der Waals surface area contributed by atoms with Crippen molar-refractivity contribution in [3.63, 3.8) is 0 Å². The number of rotatable bonds is 6. The second-order valence-corrected chi connectivity index (χ2v) is 8.34. The predicted molar refractivity (Wildman–Crippen MR) is 120 cm³/mol. The molecule has 3 amide bonds. The molecule has 32 heavy (non-hydrogen) atoms. The molecular weight excluding hydrogens is 428 g/mol. The number of hydrogen-bond donors (Lipinski definition) is 0. The number of amides is 3. The third-order valence-electron chi connectivity index (χ3n) is 6.05. The third-order valence-corrected chi connectivity index (χ3v) is 6.38. The summed E-state index contributed by atoms with van der Waals surface area (Å²) in [4.78, 5) is 53.8. The van der Waals surface area contributed by atoms with Crippen molar-refractivity contribution in [1.29, 1.82) is 0 Å². The number of carbonyl (C=O) groups excluding carboxylic acids is 4. The predicted octanol–water partition coefficient (Wildman–Crippen LogP) is 4.31. The van der Waals surface area contributed by atoms with E-state index in [1.165, 1.54) is 6.07 Å². The maximum absolute atomic E-state index is 13.7. The summed E-state index contributed by atoms with van der Waals surface area (Å²) in [5.74, 6) is -2.97. The fraction of sp³-hybridized carbons (Fsp3) is 0.280. The molecule has 2 aromatic rings. The molecule has 0 spiro atoms. The lowest BCUT2D eigenvalue weighted by atomic mass is 9.85. The minimum atomic E-state index is -1.04. The molecule has 6 nitrogen and oxygen atoms in total. The van der Waals surface area contributed by atoms with Crippen LogP contribution in [0.3, 0.4) is 0 Å². The van der Waals surface area contributed by atoms with E-state index < -0.39 is 35.6 Å². The van der Waals surface area contributed by atoms with Crippen LogP contribution in [0.2, 0.25) is 5.02 Å². The zero-order chi connectivity index (χ0) is 22.8. The number of imide groups is 1. The van der Waals surface area contributed by atoms with E-state index in [0.29, 0.717) is 18.4 Å². The molecule has 7 heteroatoms. The Labute approximate surface area is 191 Å². The van der Waals surface area contributed by atoms with Crippen LogP contribution in [0.5, 0.6) is 0 Å². The second-order valence-electron chi connectivity index (χ2n) is 7.93. The smallest absolute Gasteiger partial charge is 0.275 e. The zero-order valence-corrected chi connectivity index (χ0v) is 18.4. The summed E-state index contributed by atoms with van der Waals surface area (Å²) in [6.45, 7) is 1.75. The first-order valence-corrected chi connectivity index (χ1v) is 11.0. The largest absolute Gasteiger partial charge is 0.292 e. The van der Waals surface area contributed by atoms with Crippen molar-refractivity contribution in [2.24, 2.45) is 11.8 Å².